The van der Waals surface area contributed by atoms with Gasteiger partial charge in [-0.25, -0.2) is 0 Å². The van der Waals surface area contributed by atoms with Crippen LogP contribution in [-0.4, -0.2) is 36.7 Å². The Hall–Kier alpha value is -0.220. The van der Waals surface area contributed by atoms with Gasteiger partial charge in [0.1, 0.15) is 5.54 Å². The normalized spacial score (nSPS) is 16.4. The predicted molar refractivity (Wildman–Crippen MR) is 80.1 cm³/mol. The molecule has 18 heavy (non-hydrogen) atoms. The lowest BCUT2D eigenvalue weighted by Crippen LogP contribution is -2.48. The third-order valence-electron chi connectivity index (χ3n) is 3.58. The maximum Gasteiger partial charge on any atom is 0.325 e. The number of methoxy groups -OCH3 is 1. The Bertz CT molecular complexity index is 246. The molecule has 3 nitrogen and oxygen atoms in total. The fourth-order valence-corrected chi connectivity index (χ4v) is 2.72. The van der Waals surface area contributed by atoms with E-state index in [1.165, 1.54) is 12.9 Å². The van der Waals surface area contributed by atoms with E-state index < -0.39 is 5.54 Å². The Labute approximate surface area is 116 Å². The molecule has 1 N–H and O–H groups in total. The first-order valence-electron chi connectivity index (χ1n) is 6.76. The zero-order chi connectivity index (χ0) is 14.2. The molecule has 4 heteroatoms. The van der Waals surface area contributed by atoms with Crippen LogP contribution in [0.15, 0.2) is 0 Å². The van der Waals surface area contributed by atoms with Gasteiger partial charge in [-0.05, 0) is 38.5 Å². The molecule has 108 valence electrons. The second-order valence-electron chi connectivity index (χ2n) is 5.35. The van der Waals surface area contributed by atoms with Crippen molar-refractivity contribution in [1.82, 2.24) is 5.32 Å². The Morgan fingerprint density at radius 2 is 1.94 bits per heavy atom. The lowest BCUT2D eigenvalue weighted by atomic mass is 9.95. The highest BCUT2D eigenvalue weighted by Gasteiger charge is 2.31. The molecule has 0 radical (unpaired) electrons. The van der Waals surface area contributed by atoms with Gasteiger partial charge in [0.2, 0.25) is 0 Å². The van der Waals surface area contributed by atoms with E-state index in [-0.39, 0.29) is 5.97 Å². The minimum absolute atomic E-state index is 0.173. The number of hydrogen-bond donors (Lipinski definition) is 1. The van der Waals surface area contributed by atoms with E-state index in [1.807, 2.05) is 25.7 Å². The van der Waals surface area contributed by atoms with Crippen molar-refractivity contribution in [2.45, 2.75) is 57.7 Å². The molecule has 0 saturated carbocycles. The first kappa shape index (κ1) is 17.8. The molecule has 0 spiro atoms. The van der Waals surface area contributed by atoms with Gasteiger partial charge >= 0.3 is 5.97 Å². The second-order valence-corrected chi connectivity index (χ2v) is 6.84. The molecule has 0 saturated heterocycles. The lowest BCUT2D eigenvalue weighted by molar-refractivity contribution is -0.148. The van der Waals surface area contributed by atoms with Crippen molar-refractivity contribution in [2.24, 2.45) is 5.92 Å². The Morgan fingerprint density at radius 1 is 1.33 bits per heavy atom. The number of unbranched alkanes of at least 4 members (excludes halogenated alkanes) is 1. The lowest BCUT2D eigenvalue weighted by Gasteiger charge is -2.26. The number of rotatable bonds is 9. The summed E-state index contributed by atoms with van der Waals surface area (Å²) in [5.74, 6) is 1.72. The van der Waals surface area contributed by atoms with Crippen molar-refractivity contribution in [3.05, 3.63) is 0 Å². The quantitative estimate of drug-likeness (QED) is 0.518. The minimum atomic E-state index is -0.539. The molecule has 0 aliphatic heterocycles. The van der Waals surface area contributed by atoms with Gasteiger partial charge in [0.15, 0.2) is 0 Å². The van der Waals surface area contributed by atoms with Gasteiger partial charge in [0.05, 0.1) is 7.11 Å². The summed E-state index contributed by atoms with van der Waals surface area (Å²) in [5.41, 5.74) is -0.539. The minimum Gasteiger partial charge on any atom is -0.468 e. The average Bonchev–Trinajstić information content (AvgIpc) is 2.36. The molecule has 0 heterocycles. The van der Waals surface area contributed by atoms with Crippen LogP contribution in [0.3, 0.4) is 0 Å². The highest BCUT2D eigenvalue weighted by molar-refractivity contribution is 7.99. The molecular formula is C14H29NO2S. The van der Waals surface area contributed by atoms with Crippen LogP contribution in [0.2, 0.25) is 0 Å². The Balaban J connectivity index is 3.86. The fraction of sp³-hybridized carbons (Fsp3) is 0.929. The summed E-state index contributed by atoms with van der Waals surface area (Å²) in [6, 6.07) is 0. The van der Waals surface area contributed by atoms with Crippen molar-refractivity contribution in [3.63, 3.8) is 0 Å². The molecule has 0 aliphatic rings. The first-order chi connectivity index (χ1) is 8.37. The molecule has 2 unspecified atom stereocenters. The van der Waals surface area contributed by atoms with Gasteiger partial charge in [-0.3, -0.25) is 4.79 Å². The highest BCUT2D eigenvalue weighted by Crippen LogP contribution is 2.22. The summed E-state index contributed by atoms with van der Waals surface area (Å²) in [7, 11) is 3.25. The van der Waals surface area contributed by atoms with Gasteiger partial charge < -0.3 is 10.1 Å². The van der Waals surface area contributed by atoms with E-state index >= 15 is 0 Å². The molecule has 0 bridgehead atoms. The third kappa shape index (κ3) is 6.10. The van der Waals surface area contributed by atoms with Crippen molar-refractivity contribution in [1.29, 1.82) is 0 Å². The number of esters is 1. The van der Waals surface area contributed by atoms with Crippen LogP contribution in [0.1, 0.15) is 47.0 Å². The van der Waals surface area contributed by atoms with Crippen LogP contribution < -0.4 is 5.32 Å². The zero-order valence-corrected chi connectivity index (χ0v) is 13.5. The van der Waals surface area contributed by atoms with Crippen LogP contribution in [-0.2, 0) is 9.53 Å². The summed E-state index contributed by atoms with van der Waals surface area (Å²) >= 11 is 2.02. The average molecular weight is 275 g/mol. The Morgan fingerprint density at radius 3 is 2.39 bits per heavy atom. The molecule has 0 rings (SSSR count). The third-order valence-corrected chi connectivity index (χ3v) is 5.17. The number of hydrogen-bond acceptors (Lipinski definition) is 4. The van der Waals surface area contributed by atoms with Gasteiger partial charge in [0, 0.05) is 5.25 Å². The molecule has 0 amide bonds. The summed E-state index contributed by atoms with van der Waals surface area (Å²) in [4.78, 5) is 11.6. The maximum absolute atomic E-state index is 11.6. The summed E-state index contributed by atoms with van der Waals surface area (Å²) < 4.78 is 4.83. The summed E-state index contributed by atoms with van der Waals surface area (Å²) in [5, 5.41) is 3.78. The highest BCUT2D eigenvalue weighted by atomic mass is 32.2. The smallest absolute Gasteiger partial charge is 0.325 e. The van der Waals surface area contributed by atoms with E-state index in [2.05, 4.69) is 26.1 Å². The fourth-order valence-electron chi connectivity index (χ4n) is 1.60. The maximum atomic E-state index is 11.6. The zero-order valence-electron chi connectivity index (χ0n) is 12.7. The van der Waals surface area contributed by atoms with Crippen LogP contribution in [0, 0.1) is 5.92 Å². The molecule has 0 aromatic carbocycles. The first-order valence-corrected chi connectivity index (χ1v) is 7.81. The van der Waals surface area contributed by atoms with Crippen molar-refractivity contribution >= 4 is 17.7 Å². The number of thioether (sulfide) groups is 1. The van der Waals surface area contributed by atoms with Crippen molar-refractivity contribution < 1.29 is 9.53 Å². The van der Waals surface area contributed by atoms with Gasteiger partial charge in [-0.2, -0.15) is 11.8 Å². The van der Waals surface area contributed by atoms with Gasteiger partial charge in [-0.1, -0.05) is 27.2 Å². The SMILES string of the molecule is CNC(C)(CCCCSC(C)C(C)C)C(=O)OC. The molecule has 0 fully saturated rings. The van der Waals surface area contributed by atoms with Gasteiger partial charge in [-0.15, -0.1) is 0 Å². The van der Waals surface area contributed by atoms with Crippen LogP contribution in [0.4, 0.5) is 0 Å². The Kier molecular flexibility index (Phi) is 8.70. The van der Waals surface area contributed by atoms with E-state index in [1.54, 1.807) is 0 Å². The van der Waals surface area contributed by atoms with E-state index in [9.17, 15) is 4.79 Å². The largest absolute Gasteiger partial charge is 0.468 e. The molecule has 0 aliphatic carbocycles. The summed E-state index contributed by atoms with van der Waals surface area (Å²) in [6.07, 6.45) is 3.02. The summed E-state index contributed by atoms with van der Waals surface area (Å²) in [6.45, 7) is 8.70. The number of carbonyl (C=O) groups excluding carboxylic acids is 1. The van der Waals surface area contributed by atoms with Crippen LogP contribution in [0.5, 0.6) is 0 Å². The van der Waals surface area contributed by atoms with Crippen molar-refractivity contribution in [3.8, 4) is 0 Å². The van der Waals surface area contributed by atoms with Crippen LogP contribution in [0.25, 0.3) is 0 Å². The number of likely N-dealkylation sites (N-methyl/N-ethyl adjacent to an activating group) is 1. The topological polar surface area (TPSA) is 38.3 Å². The number of nitrogens with one attached hydrogen (secondary N) is 1. The number of ether oxygens (including phenoxy) is 1. The monoisotopic (exact) mass is 275 g/mol. The van der Waals surface area contributed by atoms with Crippen molar-refractivity contribution in [2.75, 3.05) is 19.9 Å². The van der Waals surface area contributed by atoms with E-state index in [0.29, 0.717) is 5.25 Å². The van der Waals surface area contributed by atoms with E-state index in [0.717, 1.165) is 25.2 Å². The molecular weight excluding hydrogens is 246 g/mol. The standard InChI is InChI=1S/C14H29NO2S/c1-11(2)12(3)18-10-8-7-9-14(4,15-5)13(16)17-6/h11-12,15H,7-10H2,1-6H3. The molecule has 2 atom stereocenters. The molecule has 0 aromatic rings. The molecule has 0 aromatic heterocycles. The van der Waals surface area contributed by atoms with E-state index in [4.69, 9.17) is 4.74 Å². The predicted octanol–water partition coefficient (Wildman–Crippen LogP) is 3.09. The number of carbonyl (C=O) groups is 1. The van der Waals surface area contributed by atoms with Crippen LogP contribution >= 0.6 is 11.8 Å². The van der Waals surface area contributed by atoms with Gasteiger partial charge in [0.25, 0.3) is 0 Å². The second kappa shape index (κ2) is 8.81.